The largest absolute Gasteiger partial charge is 0.457 e. The molecule has 168 valence electrons. The van der Waals surface area contributed by atoms with Crippen LogP contribution in [0.15, 0.2) is 79.1 Å². The smallest absolute Gasteiger partial charge is 0.338 e. The summed E-state index contributed by atoms with van der Waals surface area (Å²) in [4.78, 5) is 29.0. The fourth-order valence-corrected chi connectivity index (χ4v) is 3.35. The number of amides is 1. The highest BCUT2D eigenvalue weighted by atomic mass is 19.1. The molecule has 1 heterocycles. The molecule has 4 aromatic rings. The molecule has 34 heavy (non-hydrogen) atoms. The van der Waals surface area contributed by atoms with Gasteiger partial charge in [-0.1, -0.05) is 30.3 Å². The Morgan fingerprint density at radius 2 is 1.94 bits per heavy atom. The number of halogens is 1. The van der Waals surface area contributed by atoms with Gasteiger partial charge in [0.15, 0.2) is 5.82 Å². The number of esters is 1. The van der Waals surface area contributed by atoms with Gasteiger partial charge < -0.3 is 15.8 Å². The van der Waals surface area contributed by atoms with Crippen molar-refractivity contribution in [1.29, 1.82) is 0 Å². The number of carbonyl (C=O) groups excluding carboxylic acids is 2. The van der Waals surface area contributed by atoms with Crippen LogP contribution in [0.4, 0.5) is 10.1 Å². The molecule has 0 bridgehead atoms. The summed E-state index contributed by atoms with van der Waals surface area (Å²) < 4.78 is 19.3. The fourth-order valence-electron chi connectivity index (χ4n) is 3.35. The van der Waals surface area contributed by atoms with Gasteiger partial charge in [-0.2, -0.15) is 0 Å². The number of benzene rings is 2. The molecule has 0 saturated carbocycles. The van der Waals surface area contributed by atoms with Crippen LogP contribution in [0, 0.1) is 17.9 Å². The lowest BCUT2D eigenvalue weighted by Crippen LogP contribution is -2.14. The SMILES string of the molecule is NCc1ccc(C(=O)Nc2ccncc2F)cc1-c1cccc(C(=O)OCc2cc#ccc2)c1. The Balaban J connectivity index is 1.57. The molecule has 0 fully saturated rings. The fraction of sp³-hybridized carbons (Fsp3) is 0.0741. The summed E-state index contributed by atoms with van der Waals surface area (Å²) in [6, 6.07) is 24.1. The Morgan fingerprint density at radius 3 is 2.71 bits per heavy atom. The third-order valence-corrected chi connectivity index (χ3v) is 5.11. The minimum Gasteiger partial charge on any atom is -0.457 e. The number of nitrogens with zero attached hydrogens (tertiary/aromatic N) is 1. The summed E-state index contributed by atoms with van der Waals surface area (Å²) in [5, 5.41) is 2.54. The van der Waals surface area contributed by atoms with E-state index in [1.165, 1.54) is 12.3 Å². The van der Waals surface area contributed by atoms with Gasteiger partial charge in [-0.15, -0.1) is 0 Å². The predicted molar refractivity (Wildman–Crippen MR) is 125 cm³/mol. The Hall–Kier alpha value is -4.54. The molecule has 0 radical (unpaired) electrons. The standard InChI is InChI=1S/C27H20FN3O3/c28-24-16-30-12-11-25(24)31-26(32)20-9-10-22(15-29)23(14-20)19-7-4-8-21(13-19)27(33)34-17-18-5-2-1-3-6-18/h2,4-14,16H,15,17,29H2,(H,30,31,32). The second-order valence-corrected chi connectivity index (χ2v) is 7.38. The number of aromatic nitrogens is 1. The van der Waals surface area contributed by atoms with Gasteiger partial charge in [0, 0.05) is 18.3 Å². The molecule has 1 aromatic heterocycles. The molecule has 0 saturated heterocycles. The predicted octanol–water partition coefficient (Wildman–Crippen LogP) is 4.56. The van der Waals surface area contributed by atoms with Gasteiger partial charge in [0.05, 0.1) is 17.4 Å². The van der Waals surface area contributed by atoms with Crippen LogP contribution in [0.25, 0.3) is 11.1 Å². The third-order valence-electron chi connectivity index (χ3n) is 5.11. The highest BCUT2D eigenvalue weighted by Gasteiger charge is 2.15. The summed E-state index contributed by atoms with van der Waals surface area (Å²) in [7, 11) is 0. The topological polar surface area (TPSA) is 94.3 Å². The molecule has 0 atom stereocenters. The average Bonchev–Trinajstić information content (AvgIpc) is 2.89. The van der Waals surface area contributed by atoms with Gasteiger partial charge in [0.1, 0.15) is 6.61 Å². The zero-order chi connectivity index (χ0) is 23.9. The maximum absolute atomic E-state index is 13.9. The number of ether oxygens (including phenoxy) is 1. The Labute approximate surface area is 196 Å². The minimum atomic E-state index is -0.632. The monoisotopic (exact) mass is 453 g/mol. The molecule has 3 N–H and O–H groups in total. The first-order valence-corrected chi connectivity index (χ1v) is 10.4. The second-order valence-electron chi connectivity index (χ2n) is 7.38. The number of nitrogens with one attached hydrogen (secondary N) is 1. The lowest BCUT2D eigenvalue weighted by atomic mass is 9.95. The lowest BCUT2D eigenvalue weighted by Gasteiger charge is -2.13. The summed E-state index contributed by atoms with van der Waals surface area (Å²) in [5.74, 6) is -1.60. The van der Waals surface area contributed by atoms with Gasteiger partial charge in [-0.25, -0.2) is 9.18 Å². The lowest BCUT2D eigenvalue weighted by molar-refractivity contribution is 0.0472. The average molecular weight is 453 g/mol. The first-order valence-electron chi connectivity index (χ1n) is 10.4. The van der Waals surface area contributed by atoms with Gasteiger partial charge >= 0.3 is 5.97 Å². The van der Waals surface area contributed by atoms with Crippen LogP contribution in [0.1, 0.15) is 31.8 Å². The number of pyridine rings is 1. The maximum Gasteiger partial charge on any atom is 0.338 e. The van der Waals surface area contributed by atoms with Crippen LogP contribution in [0.2, 0.25) is 0 Å². The van der Waals surface area contributed by atoms with E-state index in [0.29, 0.717) is 22.3 Å². The minimum absolute atomic E-state index is 0.0306. The number of rotatable bonds is 7. The van der Waals surface area contributed by atoms with Crippen molar-refractivity contribution in [3.8, 4) is 11.1 Å². The highest BCUT2D eigenvalue weighted by molar-refractivity contribution is 6.05. The normalized spacial score (nSPS) is 10.3. The Bertz CT molecular complexity index is 1330. The summed E-state index contributed by atoms with van der Waals surface area (Å²) >= 11 is 0. The summed E-state index contributed by atoms with van der Waals surface area (Å²) in [6.45, 7) is 0.343. The molecule has 6 nitrogen and oxygen atoms in total. The summed E-state index contributed by atoms with van der Waals surface area (Å²) in [5.41, 5.74) is 9.59. The third kappa shape index (κ3) is 5.26. The number of hydrogen-bond donors (Lipinski definition) is 2. The molecule has 0 aliphatic heterocycles. The molecular formula is C27H20FN3O3. The van der Waals surface area contributed by atoms with Crippen molar-refractivity contribution < 1.29 is 18.7 Å². The van der Waals surface area contributed by atoms with Crippen LogP contribution >= 0.6 is 0 Å². The molecule has 3 aromatic carbocycles. The van der Waals surface area contributed by atoms with E-state index in [1.807, 2.05) is 6.07 Å². The van der Waals surface area contributed by atoms with E-state index in [9.17, 15) is 14.0 Å². The highest BCUT2D eigenvalue weighted by Crippen LogP contribution is 2.27. The molecule has 0 aliphatic carbocycles. The van der Waals surface area contributed by atoms with Gasteiger partial charge in [0.2, 0.25) is 0 Å². The van der Waals surface area contributed by atoms with E-state index in [-0.39, 0.29) is 18.8 Å². The van der Waals surface area contributed by atoms with Crippen LogP contribution in [0.5, 0.6) is 0 Å². The van der Waals surface area contributed by atoms with Crippen LogP contribution in [-0.4, -0.2) is 16.9 Å². The van der Waals surface area contributed by atoms with Crippen molar-refractivity contribution in [3.05, 3.63) is 119 Å². The van der Waals surface area contributed by atoms with E-state index in [4.69, 9.17) is 10.5 Å². The van der Waals surface area contributed by atoms with E-state index in [1.54, 1.807) is 54.6 Å². The molecule has 0 spiro atoms. The van der Waals surface area contributed by atoms with Crippen molar-refractivity contribution >= 4 is 17.6 Å². The van der Waals surface area contributed by atoms with Gasteiger partial charge in [-0.05, 0) is 70.8 Å². The first kappa shape index (κ1) is 22.6. The van der Waals surface area contributed by atoms with E-state index in [0.717, 1.165) is 17.3 Å². The number of anilines is 1. The van der Waals surface area contributed by atoms with Crippen LogP contribution in [-0.2, 0) is 17.9 Å². The Kier molecular flexibility index (Phi) is 6.92. The zero-order valence-corrected chi connectivity index (χ0v) is 18.0. The molecule has 1 amide bonds. The van der Waals surface area contributed by atoms with E-state index >= 15 is 0 Å². The van der Waals surface area contributed by atoms with Crippen molar-refractivity contribution in [3.63, 3.8) is 0 Å². The molecule has 7 heteroatoms. The zero-order valence-electron chi connectivity index (χ0n) is 18.0. The van der Waals surface area contributed by atoms with Crippen molar-refractivity contribution in [2.45, 2.75) is 13.2 Å². The van der Waals surface area contributed by atoms with Crippen molar-refractivity contribution in [2.75, 3.05) is 5.32 Å². The van der Waals surface area contributed by atoms with E-state index in [2.05, 4.69) is 22.4 Å². The van der Waals surface area contributed by atoms with Crippen LogP contribution < -0.4 is 11.1 Å². The second kappa shape index (κ2) is 10.4. The first-order chi connectivity index (χ1) is 16.5. The molecule has 0 unspecified atom stereocenters. The van der Waals surface area contributed by atoms with Crippen LogP contribution in [0.3, 0.4) is 0 Å². The number of hydrogen-bond acceptors (Lipinski definition) is 5. The van der Waals surface area contributed by atoms with Gasteiger partial charge in [-0.3, -0.25) is 9.78 Å². The van der Waals surface area contributed by atoms with Crippen molar-refractivity contribution in [2.24, 2.45) is 5.73 Å². The van der Waals surface area contributed by atoms with E-state index < -0.39 is 17.7 Å². The maximum atomic E-state index is 13.9. The number of carbonyl (C=O) groups is 2. The molecule has 0 aliphatic rings. The molecule has 4 rings (SSSR count). The molecular weight excluding hydrogens is 433 g/mol. The van der Waals surface area contributed by atoms with Gasteiger partial charge in [0.25, 0.3) is 5.91 Å². The Morgan fingerprint density at radius 1 is 1.06 bits per heavy atom. The quantitative estimate of drug-likeness (QED) is 0.400. The van der Waals surface area contributed by atoms with Crippen molar-refractivity contribution in [1.82, 2.24) is 4.98 Å². The summed E-state index contributed by atoms with van der Waals surface area (Å²) in [6.07, 6.45) is 2.42. The number of nitrogens with two attached hydrogens (primary N) is 1.